The van der Waals surface area contributed by atoms with Crippen molar-refractivity contribution in [2.24, 2.45) is 0 Å². The zero-order chi connectivity index (χ0) is 13.2. The van der Waals surface area contributed by atoms with Crippen LogP contribution in [-0.4, -0.2) is 26.3 Å². The minimum absolute atomic E-state index is 0.0887. The molecule has 1 aliphatic heterocycles. The minimum atomic E-state index is 0.0887. The van der Waals surface area contributed by atoms with Crippen LogP contribution in [0, 0.1) is 0 Å². The van der Waals surface area contributed by atoms with Gasteiger partial charge in [0, 0.05) is 13.1 Å². The van der Waals surface area contributed by atoms with Crippen LogP contribution in [0.4, 0.5) is 5.88 Å². The summed E-state index contributed by atoms with van der Waals surface area (Å²) in [5, 5.41) is 0.663. The van der Waals surface area contributed by atoms with Gasteiger partial charge >= 0.3 is 0 Å². The van der Waals surface area contributed by atoms with Crippen LogP contribution in [0.25, 0.3) is 11.0 Å². The number of rotatable bonds is 2. The highest BCUT2D eigenvalue weighted by Gasteiger charge is 2.20. The third kappa shape index (κ3) is 2.12. The summed E-state index contributed by atoms with van der Waals surface area (Å²) >= 11 is 0. The summed E-state index contributed by atoms with van der Waals surface area (Å²) in [6.45, 7) is 4.90. The fourth-order valence-electron chi connectivity index (χ4n) is 2.50. The smallest absolute Gasteiger partial charge is 0.203 e. The summed E-state index contributed by atoms with van der Waals surface area (Å²) in [5.41, 5.74) is 1.51. The molecule has 1 aliphatic rings. The molecule has 0 spiro atoms. The highest BCUT2D eigenvalue weighted by Crippen LogP contribution is 2.24. The first-order chi connectivity index (χ1) is 9.31. The molecule has 0 aliphatic carbocycles. The van der Waals surface area contributed by atoms with Gasteiger partial charge in [-0.25, -0.2) is 0 Å². The van der Waals surface area contributed by atoms with Crippen molar-refractivity contribution in [2.45, 2.75) is 13.3 Å². The predicted molar refractivity (Wildman–Crippen MR) is 74.9 cm³/mol. The maximum atomic E-state index is 12.5. The lowest BCUT2D eigenvalue weighted by Crippen LogP contribution is -2.37. The maximum absolute atomic E-state index is 12.5. The largest absolute Gasteiger partial charge is 0.440 e. The second-order valence-electron chi connectivity index (χ2n) is 4.66. The Labute approximate surface area is 111 Å². The van der Waals surface area contributed by atoms with Crippen LogP contribution < -0.4 is 10.3 Å². The number of benzene rings is 1. The quantitative estimate of drug-likeness (QED) is 0.829. The first-order valence-corrected chi connectivity index (χ1v) is 6.68. The van der Waals surface area contributed by atoms with E-state index in [9.17, 15) is 4.79 Å². The minimum Gasteiger partial charge on any atom is -0.440 e. The Balaban J connectivity index is 2.19. The van der Waals surface area contributed by atoms with Gasteiger partial charge in [0.15, 0.2) is 5.43 Å². The molecule has 0 unspecified atom stereocenters. The number of hydrogen-bond donors (Lipinski definition) is 0. The van der Waals surface area contributed by atoms with Crippen molar-refractivity contribution in [3.8, 4) is 0 Å². The van der Waals surface area contributed by atoms with Crippen LogP contribution in [0.2, 0.25) is 0 Å². The van der Waals surface area contributed by atoms with E-state index in [1.54, 1.807) is 0 Å². The normalized spacial score (nSPS) is 15.9. The van der Waals surface area contributed by atoms with Gasteiger partial charge in [0.2, 0.25) is 5.88 Å². The number of morpholine rings is 1. The molecule has 1 aromatic heterocycles. The van der Waals surface area contributed by atoms with Gasteiger partial charge in [-0.2, -0.15) is 0 Å². The Morgan fingerprint density at radius 3 is 2.68 bits per heavy atom. The summed E-state index contributed by atoms with van der Waals surface area (Å²) in [4.78, 5) is 14.6. The monoisotopic (exact) mass is 259 g/mol. The van der Waals surface area contributed by atoms with Gasteiger partial charge < -0.3 is 14.1 Å². The lowest BCUT2D eigenvalue weighted by Gasteiger charge is -2.28. The van der Waals surface area contributed by atoms with Gasteiger partial charge in [-0.3, -0.25) is 4.79 Å². The van der Waals surface area contributed by atoms with E-state index in [0.717, 1.165) is 24.5 Å². The highest BCUT2D eigenvalue weighted by molar-refractivity contribution is 5.79. The predicted octanol–water partition coefficient (Wildman–Crippen LogP) is 2.19. The van der Waals surface area contributed by atoms with Gasteiger partial charge in [0.1, 0.15) is 5.58 Å². The van der Waals surface area contributed by atoms with Crippen LogP contribution in [0.1, 0.15) is 12.5 Å². The van der Waals surface area contributed by atoms with E-state index < -0.39 is 0 Å². The molecule has 0 N–H and O–H groups in total. The van der Waals surface area contributed by atoms with Crippen molar-refractivity contribution in [1.82, 2.24) is 0 Å². The number of hydrogen-bond acceptors (Lipinski definition) is 4. The molecule has 3 rings (SSSR count). The van der Waals surface area contributed by atoms with Crippen LogP contribution in [0.15, 0.2) is 33.5 Å². The van der Waals surface area contributed by atoms with E-state index in [0.29, 0.717) is 30.6 Å². The molecule has 4 nitrogen and oxygen atoms in total. The molecule has 19 heavy (non-hydrogen) atoms. The number of nitrogens with zero attached hydrogens (tertiary/aromatic N) is 1. The second-order valence-corrected chi connectivity index (χ2v) is 4.66. The zero-order valence-corrected chi connectivity index (χ0v) is 11.0. The maximum Gasteiger partial charge on any atom is 0.203 e. The molecule has 2 aromatic rings. The highest BCUT2D eigenvalue weighted by atomic mass is 16.5. The average molecular weight is 259 g/mol. The van der Waals surface area contributed by atoms with Crippen molar-refractivity contribution in [2.75, 3.05) is 31.2 Å². The summed E-state index contributed by atoms with van der Waals surface area (Å²) in [6.07, 6.45) is 0.680. The molecule has 4 heteroatoms. The standard InChI is InChI=1S/C15H17NO3/c1-2-11-14(17)12-5-3-4-6-13(12)19-15(11)16-7-9-18-10-8-16/h3-6H,2,7-10H2,1H3. The molecule has 0 amide bonds. The van der Waals surface area contributed by atoms with Crippen molar-refractivity contribution >= 4 is 16.9 Å². The lowest BCUT2D eigenvalue weighted by atomic mass is 10.1. The van der Waals surface area contributed by atoms with Crippen LogP contribution >= 0.6 is 0 Å². The lowest BCUT2D eigenvalue weighted by molar-refractivity contribution is 0.120. The van der Waals surface area contributed by atoms with E-state index in [4.69, 9.17) is 9.15 Å². The first kappa shape index (κ1) is 12.2. The Kier molecular flexibility index (Phi) is 3.25. The fraction of sp³-hybridized carbons (Fsp3) is 0.400. The Morgan fingerprint density at radius 1 is 1.21 bits per heavy atom. The molecule has 1 saturated heterocycles. The molecule has 0 radical (unpaired) electrons. The van der Waals surface area contributed by atoms with Gasteiger partial charge in [-0.15, -0.1) is 0 Å². The number of anilines is 1. The number of para-hydroxylation sites is 1. The molecule has 0 saturated carbocycles. The number of fused-ring (bicyclic) bond motifs is 1. The van der Waals surface area contributed by atoms with E-state index >= 15 is 0 Å². The van der Waals surface area contributed by atoms with Crippen molar-refractivity contribution in [3.05, 3.63) is 40.1 Å². The molecule has 0 atom stereocenters. The molecular weight excluding hydrogens is 242 g/mol. The molecule has 1 aromatic carbocycles. The first-order valence-electron chi connectivity index (χ1n) is 6.68. The third-order valence-electron chi connectivity index (χ3n) is 3.52. The van der Waals surface area contributed by atoms with Crippen molar-refractivity contribution < 1.29 is 9.15 Å². The number of ether oxygens (including phenoxy) is 1. The van der Waals surface area contributed by atoms with Crippen molar-refractivity contribution in [3.63, 3.8) is 0 Å². The van der Waals surface area contributed by atoms with Gasteiger partial charge in [0.05, 0.1) is 24.2 Å². The van der Waals surface area contributed by atoms with E-state index in [2.05, 4.69) is 4.90 Å². The van der Waals surface area contributed by atoms with Crippen molar-refractivity contribution in [1.29, 1.82) is 0 Å². The third-order valence-corrected chi connectivity index (χ3v) is 3.52. The van der Waals surface area contributed by atoms with E-state index in [-0.39, 0.29) is 5.43 Å². The summed E-state index contributed by atoms with van der Waals surface area (Å²) in [6, 6.07) is 7.43. The fourth-order valence-corrected chi connectivity index (χ4v) is 2.50. The van der Waals surface area contributed by atoms with Crippen LogP contribution in [-0.2, 0) is 11.2 Å². The summed E-state index contributed by atoms with van der Waals surface area (Å²) in [7, 11) is 0. The second kappa shape index (κ2) is 5.05. The van der Waals surface area contributed by atoms with Gasteiger partial charge in [-0.1, -0.05) is 19.1 Å². The molecule has 2 heterocycles. The summed E-state index contributed by atoms with van der Waals surface area (Å²) in [5.74, 6) is 0.717. The molecule has 100 valence electrons. The van der Waals surface area contributed by atoms with Crippen LogP contribution in [0.3, 0.4) is 0 Å². The Bertz CT molecular complexity index is 641. The molecule has 1 fully saturated rings. The molecular formula is C15H17NO3. The van der Waals surface area contributed by atoms with Crippen LogP contribution in [0.5, 0.6) is 0 Å². The average Bonchev–Trinajstić information content (AvgIpc) is 2.48. The SMILES string of the molecule is CCc1c(N2CCOCC2)oc2ccccc2c1=O. The molecule has 0 bridgehead atoms. The van der Waals surface area contributed by atoms with E-state index in [1.807, 2.05) is 31.2 Å². The topological polar surface area (TPSA) is 42.7 Å². The van der Waals surface area contributed by atoms with Gasteiger partial charge in [-0.05, 0) is 18.6 Å². The zero-order valence-electron chi connectivity index (χ0n) is 11.0. The Hall–Kier alpha value is -1.81. The Morgan fingerprint density at radius 2 is 1.95 bits per heavy atom. The van der Waals surface area contributed by atoms with Gasteiger partial charge in [0.25, 0.3) is 0 Å². The summed E-state index contributed by atoms with van der Waals surface area (Å²) < 4.78 is 11.3. The van der Waals surface area contributed by atoms with E-state index in [1.165, 1.54) is 0 Å².